The molecule has 1 aliphatic rings. The average Bonchev–Trinajstić information content (AvgIpc) is 3.48. The van der Waals surface area contributed by atoms with Crippen LogP contribution in [0.5, 0.6) is 0 Å². The molecule has 1 saturated carbocycles. The maximum atomic E-state index is 13.5. The van der Waals surface area contributed by atoms with Crippen LogP contribution in [-0.2, 0) is 13.6 Å². The first-order chi connectivity index (χ1) is 15.0. The van der Waals surface area contributed by atoms with Gasteiger partial charge in [0.15, 0.2) is 11.2 Å². The first-order valence-corrected chi connectivity index (χ1v) is 10.9. The summed E-state index contributed by atoms with van der Waals surface area (Å²) in [4.78, 5) is 31.2. The monoisotopic (exact) mass is 417 g/mol. The lowest BCUT2D eigenvalue weighted by Gasteiger charge is -2.13. The van der Waals surface area contributed by atoms with Crippen molar-refractivity contribution < 1.29 is 0 Å². The smallest absolute Gasteiger partial charge is 0.311 e. The molecule has 1 aromatic carbocycles. The van der Waals surface area contributed by atoms with Gasteiger partial charge in [0.25, 0.3) is 5.56 Å². The Morgan fingerprint density at radius 3 is 2.48 bits per heavy atom. The van der Waals surface area contributed by atoms with E-state index in [1.807, 2.05) is 53.8 Å². The van der Waals surface area contributed by atoms with Crippen molar-refractivity contribution in [1.29, 1.82) is 0 Å². The third-order valence-electron chi connectivity index (χ3n) is 6.65. The molecule has 0 spiro atoms. The van der Waals surface area contributed by atoms with E-state index < -0.39 is 0 Å². The molecule has 3 heterocycles. The summed E-state index contributed by atoms with van der Waals surface area (Å²) in [7, 11) is 1.69. The summed E-state index contributed by atoms with van der Waals surface area (Å²) in [5.74, 6) is 0.765. The van der Waals surface area contributed by atoms with Gasteiger partial charge in [0.1, 0.15) is 0 Å². The molecule has 31 heavy (non-hydrogen) atoms. The molecule has 0 atom stereocenters. The minimum absolute atomic E-state index is 0.213. The standard InChI is InChI=1S/C24H27N5O2/c1-16-17(2)29-20-21(25-23(29)28(16)19-13-7-8-14-19)26(3)24(31)27(22(20)30)15-9-12-18-10-5-4-6-11-18/h4-6,9-12,19H,7-8,13-15H2,1-3H3. The molecule has 0 unspecified atom stereocenters. The van der Waals surface area contributed by atoms with Crippen molar-refractivity contribution in [2.75, 3.05) is 0 Å². The van der Waals surface area contributed by atoms with Crippen molar-refractivity contribution in [3.8, 4) is 0 Å². The van der Waals surface area contributed by atoms with Gasteiger partial charge < -0.3 is 4.57 Å². The summed E-state index contributed by atoms with van der Waals surface area (Å²) in [6.45, 7) is 4.33. The lowest BCUT2D eigenvalue weighted by molar-refractivity contribution is 0.520. The van der Waals surface area contributed by atoms with E-state index in [1.54, 1.807) is 7.05 Å². The SMILES string of the molecule is Cc1c(C)n2c3c(=O)n(CC=Cc4ccccc4)c(=O)n(C)c3nc2n1C1CCCC1. The highest BCUT2D eigenvalue weighted by molar-refractivity contribution is 5.76. The molecule has 1 fully saturated rings. The molecule has 0 amide bonds. The molecule has 0 N–H and O–H groups in total. The van der Waals surface area contributed by atoms with Crippen LogP contribution in [0.15, 0.2) is 46.0 Å². The van der Waals surface area contributed by atoms with Gasteiger partial charge in [-0.05, 0) is 32.3 Å². The highest BCUT2D eigenvalue weighted by Crippen LogP contribution is 2.34. The molecule has 0 radical (unpaired) electrons. The fraction of sp³-hybridized carbons (Fsp3) is 0.375. The van der Waals surface area contributed by atoms with E-state index in [0.29, 0.717) is 17.2 Å². The number of imidazole rings is 2. The molecule has 5 rings (SSSR count). The second-order valence-electron chi connectivity index (χ2n) is 8.47. The molecular formula is C24H27N5O2. The molecule has 7 heteroatoms. The zero-order valence-electron chi connectivity index (χ0n) is 18.2. The molecular weight excluding hydrogens is 390 g/mol. The van der Waals surface area contributed by atoms with E-state index in [0.717, 1.165) is 35.6 Å². The Morgan fingerprint density at radius 2 is 1.77 bits per heavy atom. The fourth-order valence-corrected chi connectivity index (χ4v) is 4.89. The number of fused-ring (bicyclic) bond motifs is 3. The Labute approximate surface area is 179 Å². The summed E-state index contributed by atoms with van der Waals surface area (Å²) < 4.78 is 7.00. The van der Waals surface area contributed by atoms with Crippen molar-refractivity contribution in [3.05, 3.63) is 74.2 Å². The van der Waals surface area contributed by atoms with Crippen LogP contribution in [0.2, 0.25) is 0 Å². The van der Waals surface area contributed by atoms with Gasteiger partial charge in [-0.15, -0.1) is 0 Å². The Morgan fingerprint density at radius 1 is 1.06 bits per heavy atom. The number of rotatable bonds is 4. The minimum atomic E-state index is -0.349. The first-order valence-electron chi connectivity index (χ1n) is 10.9. The van der Waals surface area contributed by atoms with Crippen LogP contribution >= 0.6 is 0 Å². The van der Waals surface area contributed by atoms with Crippen molar-refractivity contribution in [3.63, 3.8) is 0 Å². The average molecular weight is 418 g/mol. The van der Waals surface area contributed by atoms with Crippen molar-refractivity contribution >= 4 is 23.0 Å². The molecule has 0 aliphatic heterocycles. The molecule has 4 aromatic rings. The van der Waals surface area contributed by atoms with Crippen LogP contribution in [0.3, 0.4) is 0 Å². The van der Waals surface area contributed by atoms with Gasteiger partial charge in [-0.25, -0.2) is 4.79 Å². The van der Waals surface area contributed by atoms with Crippen LogP contribution in [0.25, 0.3) is 23.0 Å². The normalized spacial score (nSPS) is 15.2. The Balaban J connectivity index is 1.69. The van der Waals surface area contributed by atoms with Crippen LogP contribution < -0.4 is 11.2 Å². The second-order valence-corrected chi connectivity index (χ2v) is 8.47. The minimum Gasteiger partial charge on any atom is -0.311 e. The third kappa shape index (κ3) is 2.99. The largest absolute Gasteiger partial charge is 0.332 e. The van der Waals surface area contributed by atoms with Gasteiger partial charge in [-0.2, -0.15) is 4.98 Å². The van der Waals surface area contributed by atoms with Gasteiger partial charge in [-0.1, -0.05) is 55.3 Å². The first kappa shape index (κ1) is 19.6. The summed E-state index contributed by atoms with van der Waals surface area (Å²) >= 11 is 0. The lowest BCUT2D eigenvalue weighted by Crippen LogP contribution is -2.39. The number of hydrogen-bond acceptors (Lipinski definition) is 3. The maximum absolute atomic E-state index is 13.5. The molecule has 0 bridgehead atoms. The highest BCUT2D eigenvalue weighted by atomic mass is 16.2. The van der Waals surface area contributed by atoms with E-state index in [-0.39, 0.29) is 17.8 Å². The topological polar surface area (TPSA) is 66.2 Å². The highest BCUT2D eigenvalue weighted by Gasteiger charge is 2.27. The molecule has 3 aromatic heterocycles. The summed E-state index contributed by atoms with van der Waals surface area (Å²) in [6.07, 6.45) is 8.46. The van der Waals surface area contributed by atoms with E-state index in [1.165, 1.54) is 22.0 Å². The fourth-order valence-electron chi connectivity index (χ4n) is 4.89. The van der Waals surface area contributed by atoms with Gasteiger partial charge in [0.05, 0.1) is 0 Å². The quantitative estimate of drug-likeness (QED) is 0.510. The van der Waals surface area contributed by atoms with E-state index in [4.69, 9.17) is 4.98 Å². The van der Waals surface area contributed by atoms with E-state index in [2.05, 4.69) is 11.5 Å². The lowest BCUT2D eigenvalue weighted by atomic mass is 10.2. The van der Waals surface area contributed by atoms with E-state index in [9.17, 15) is 9.59 Å². The molecule has 1 aliphatic carbocycles. The predicted molar refractivity (Wildman–Crippen MR) is 123 cm³/mol. The van der Waals surface area contributed by atoms with Crippen LogP contribution in [-0.4, -0.2) is 23.1 Å². The third-order valence-corrected chi connectivity index (χ3v) is 6.65. The van der Waals surface area contributed by atoms with Crippen molar-refractivity contribution in [2.24, 2.45) is 7.05 Å². The number of hydrogen-bond donors (Lipinski definition) is 0. The van der Waals surface area contributed by atoms with Gasteiger partial charge in [0.2, 0.25) is 5.78 Å². The maximum Gasteiger partial charge on any atom is 0.332 e. The van der Waals surface area contributed by atoms with Crippen LogP contribution in [0.1, 0.15) is 48.7 Å². The summed E-state index contributed by atoms with van der Waals surface area (Å²) in [5.41, 5.74) is 3.45. The number of aromatic nitrogens is 5. The van der Waals surface area contributed by atoms with Crippen molar-refractivity contribution in [1.82, 2.24) is 23.1 Å². The number of aryl methyl sites for hydroxylation is 2. The van der Waals surface area contributed by atoms with Crippen molar-refractivity contribution in [2.45, 2.75) is 52.1 Å². The molecule has 160 valence electrons. The zero-order valence-corrected chi connectivity index (χ0v) is 18.2. The number of allylic oxidation sites excluding steroid dienone is 1. The van der Waals surface area contributed by atoms with Gasteiger partial charge in [-0.3, -0.25) is 18.3 Å². The number of benzene rings is 1. The Bertz CT molecular complexity index is 1430. The predicted octanol–water partition coefficient (Wildman–Crippen LogP) is 3.59. The molecule has 0 saturated heterocycles. The van der Waals surface area contributed by atoms with Crippen LogP contribution in [0.4, 0.5) is 0 Å². The summed E-state index contributed by atoms with van der Waals surface area (Å²) in [5, 5.41) is 0. The zero-order chi connectivity index (χ0) is 21.7. The Kier molecular flexibility index (Phi) is 4.68. The van der Waals surface area contributed by atoms with Crippen LogP contribution in [0, 0.1) is 13.8 Å². The Hall–Kier alpha value is -3.35. The second kappa shape index (κ2) is 7.41. The molecule has 7 nitrogen and oxygen atoms in total. The summed E-state index contributed by atoms with van der Waals surface area (Å²) in [6, 6.07) is 10.2. The number of nitrogens with zero attached hydrogens (tertiary/aromatic N) is 5. The van der Waals surface area contributed by atoms with Gasteiger partial charge in [0, 0.05) is 31.0 Å². The van der Waals surface area contributed by atoms with Gasteiger partial charge >= 0.3 is 5.69 Å². The van der Waals surface area contributed by atoms with E-state index >= 15 is 0 Å².